The summed E-state index contributed by atoms with van der Waals surface area (Å²) in [7, 11) is 1.78. The Morgan fingerprint density at radius 2 is 2.00 bits per heavy atom. The Morgan fingerprint density at radius 1 is 1.32 bits per heavy atom. The van der Waals surface area contributed by atoms with Gasteiger partial charge in [0.15, 0.2) is 0 Å². The normalized spacial score (nSPS) is 10.4. The van der Waals surface area contributed by atoms with Crippen LogP contribution < -0.4 is 5.73 Å². The smallest absolute Gasteiger partial charge is 0.244 e. The van der Waals surface area contributed by atoms with Crippen LogP contribution in [0.5, 0.6) is 0 Å². The number of carbonyl (C=O) groups excluding carboxylic acids is 1. The standard InChI is InChI=1S/C14H18N4O/c1-3-17(2)14(19)10-18-9-12(8-16-18)11-4-6-13(15)7-5-11/h4-9H,3,10,15H2,1-2H3. The fourth-order valence-electron chi connectivity index (χ4n) is 1.71. The minimum atomic E-state index is 0.0504. The molecule has 2 rings (SSSR count). The van der Waals surface area contributed by atoms with Crippen LogP contribution in [0.2, 0.25) is 0 Å². The van der Waals surface area contributed by atoms with Gasteiger partial charge in [0.05, 0.1) is 6.20 Å². The van der Waals surface area contributed by atoms with Crippen molar-refractivity contribution < 1.29 is 4.79 Å². The number of likely N-dealkylation sites (N-methyl/N-ethyl adjacent to an activating group) is 1. The van der Waals surface area contributed by atoms with Crippen molar-refractivity contribution in [1.82, 2.24) is 14.7 Å². The molecule has 1 aromatic carbocycles. The highest BCUT2D eigenvalue weighted by molar-refractivity contribution is 5.75. The number of benzene rings is 1. The number of nitrogens with two attached hydrogens (primary N) is 1. The van der Waals surface area contributed by atoms with E-state index >= 15 is 0 Å². The zero-order chi connectivity index (χ0) is 13.8. The zero-order valence-electron chi connectivity index (χ0n) is 11.2. The van der Waals surface area contributed by atoms with E-state index in [0.717, 1.165) is 16.8 Å². The zero-order valence-corrected chi connectivity index (χ0v) is 11.2. The van der Waals surface area contributed by atoms with Crippen molar-refractivity contribution in [1.29, 1.82) is 0 Å². The molecule has 0 aliphatic rings. The van der Waals surface area contributed by atoms with Gasteiger partial charge in [-0.25, -0.2) is 0 Å². The van der Waals surface area contributed by atoms with Gasteiger partial charge in [-0.05, 0) is 24.6 Å². The van der Waals surface area contributed by atoms with E-state index in [9.17, 15) is 4.79 Å². The largest absolute Gasteiger partial charge is 0.399 e. The van der Waals surface area contributed by atoms with E-state index in [0.29, 0.717) is 6.54 Å². The Bertz CT molecular complexity index is 559. The predicted molar refractivity (Wildman–Crippen MR) is 75.4 cm³/mol. The van der Waals surface area contributed by atoms with Gasteiger partial charge in [-0.2, -0.15) is 5.10 Å². The van der Waals surface area contributed by atoms with E-state index in [2.05, 4.69) is 5.10 Å². The molecule has 19 heavy (non-hydrogen) atoms. The van der Waals surface area contributed by atoms with Crippen LogP contribution in [0.15, 0.2) is 36.7 Å². The molecule has 2 N–H and O–H groups in total. The average molecular weight is 258 g/mol. The maximum Gasteiger partial charge on any atom is 0.244 e. The van der Waals surface area contributed by atoms with Gasteiger partial charge in [0, 0.05) is 31.0 Å². The van der Waals surface area contributed by atoms with Crippen LogP contribution in [0.25, 0.3) is 11.1 Å². The lowest BCUT2D eigenvalue weighted by Gasteiger charge is -2.13. The summed E-state index contributed by atoms with van der Waals surface area (Å²) in [6.07, 6.45) is 3.62. The number of carbonyl (C=O) groups is 1. The maximum atomic E-state index is 11.8. The first-order valence-electron chi connectivity index (χ1n) is 6.22. The van der Waals surface area contributed by atoms with Crippen LogP contribution in [0.4, 0.5) is 5.69 Å². The van der Waals surface area contributed by atoms with Gasteiger partial charge in [-0.15, -0.1) is 0 Å². The fourth-order valence-corrected chi connectivity index (χ4v) is 1.71. The number of amides is 1. The Morgan fingerprint density at radius 3 is 2.63 bits per heavy atom. The number of hydrogen-bond donors (Lipinski definition) is 1. The van der Waals surface area contributed by atoms with Gasteiger partial charge < -0.3 is 10.6 Å². The lowest BCUT2D eigenvalue weighted by Crippen LogP contribution is -2.29. The number of aromatic nitrogens is 2. The summed E-state index contributed by atoms with van der Waals surface area (Å²) in [5.74, 6) is 0.0504. The van der Waals surface area contributed by atoms with Crippen LogP contribution in [-0.4, -0.2) is 34.2 Å². The maximum absolute atomic E-state index is 11.8. The first kappa shape index (κ1) is 13.1. The van der Waals surface area contributed by atoms with Crippen molar-refractivity contribution in [2.75, 3.05) is 19.3 Å². The van der Waals surface area contributed by atoms with Crippen molar-refractivity contribution in [3.05, 3.63) is 36.7 Å². The van der Waals surface area contributed by atoms with Gasteiger partial charge in [0.2, 0.25) is 5.91 Å². The molecule has 0 aliphatic carbocycles. The Balaban J connectivity index is 2.11. The van der Waals surface area contributed by atoms with Crippen LogP contribution in [0.3, 0.4) is 0 Å². The van der Waals surface area contributed by atoms with Crippen LogP contribution in [0, 0.1) is 0 Å². The van der Waals surface area contributed by atoms with Gasteiger partial charge >= 0.3 is 0 Å². The summed E-state index contributed by atoms with van der Waals surface area (Å²) in [5.41, 5.74) is 8.40. The molecule has 5 heteroatoms. The summed E-state index contributed by atoms with van der Waals surface area (Å²) in [4.78, 5) is 13.5. The highest BCUT2D eigenvalue weighted by Crippen LogP contribution is 2.19. The predicted octanol–water partition coefficient (Wildman–Crippen LogP) is 1.61. The molecular weight excluding hydrogens is 240 g/mol. The molecule has 0 fully saturated rings. The Labute approximate surface area is 112 Å². The number of rotatable bonds is 4. The SMILES string of the molecule is CCN(C)C(=O)Cn1cc(-c2ccc(N)cc2)cn1. The lowest BCUT2D eigenvalue weighted by molar-refractivity contribution is -0.130. The van der Waals surface area contributed by atoms with Crippen molar-refractivity contribution in [3.63, 3.8) is 0 Å². The van der Waals surface area contributed by atoms with Crippen molar-refractivity contribution in [3.8, 4) is 11.1 Å². The molecule has 0 aliphatic heterocycles. The van der Waals surface area contributed by atoms with Crippen molar-refractivity contribution >= 4 is 11.6 Å². The molecule has 0 atom stereocenters. The number of anilines is 1. The minimum absolute atomic E-state index is 0.0504. The average Bonchev–Trinajstić information content (AvgIpc) is 2.87. The number of nitrogen functional groups attached to an aromatic ring is 1. The summed E-state index contributed by atoms with van der Waals surface area (Å²) in [5, 5.41) is 4.21. The molecule has 0 saturated heterocycles. The van der Waals surface area contributed by atoms with E-state index in [1.54, 1.807) is 22.8 Å². The molecule has 0 spiro atoms. The summed E-state index contributed by atoms with van der Waals surface area (Å²) in [6.45, 7) is 2.91. The molecule has 2 aromatic rings. The summed E-state index contributed by atoms with van der Waals surface area (Å²) in [6, 6.07) is 7.58. The summed E-state index contributed by atoms with van der Waals surface area (Å²) < 4.78 is 1.65. The first-order valence-corrected chi connectivity index (χ1v) is 6.22. The molecule has 5 nitrogen and oxygen atoms in total. The van der Waals surface area contributed by atoms with E-state index in [1.807, 2.05) is 37.4 Å². The molecular formula is C14H18N4O. The third kappa shape index (κ3) is 3.13. The van der Waals surface area contributed by atoms with Gasteiger partial charge in [-0.3, -0.25) is 9.48 Å². The molecule has 1 amide bonds. The quantitative estimate of drug-likeness (QED) is 0.847. The second kappa shape index (κ2) is 5.56. The monoisotopic (exact) mass is 258 g/mol. The van der Waals surface area contributed by atoms with Gasteiger partial charge in [0.1, 0.15) is 6.54 Å². The van der Waals surface area contributed by atoms with Crippen molar-refractivity contribution in [2.24, 2.45) is 0 Å². The minimum Gasteiger partial charge on any atom is -0.399 e. The van der Waals surface area contributed by atoms with Gasteiger partial charge in [0.25, 0.3) is 0 Å². The first-order chi connectivity index (χ1) is 9.10. The Hall–Kier alpha value is -2.30. The van der Waals surface area contributed by atoms with Gasteiger partial charge in [-0.1, -0.05) is 12.1 Å². The number of nitrogens with zero attached hydrogens (tertiary/aromatic N) is 3. The molecule has 0 bridgehead atoms. The molecule has 100 valence electrons. The molecule has 0 radical (unpaired) electrons. The van der Waals surface area contributed by atoms with Crippen LogP contribution in [-0.2, 0) is 11.3 Å². The molecule has 0 unspecified atom stereocenters. The second-order valence-corrected chi connectivity index (χ2v) is 4.46. The Kier molecular flexibility index (Phi) is 3.85. The number of hydrogen-bond acceptors (Lipinski definition) is 3. The van der Waals surface area contributed by atoms with E-state index in [-0.39, 0.29) is 12.5 Å². The third-order valence-electron chi connectivity index (χ3n) is 3.07. The highest BCUT2D eigenvalue weighted by Gasteiger charge is 2.09. The topological polar surface area (TPSA) is 64.2 Å². The third-order valence-corrected chi connectivity index (χ3v) is 3.07. The van der Waals surface area contributed by atoms with E-state index < -0.39 is 0 Å². The van der Waals surface area contributed by atoms with E-state index in [1.165, 1.54) is 0 Å². The van der Waals surface area contributed by atoms with E-state index in [4.69, 9.17) is 5.73 Å². The highest BCUT2D eigenvalue weighted by atomic mass is 16.2. The molecule has 0 saturated carbocycles. The van der Waals surface area contributed by atoms with Crippen LogP contribution >= 0.6 is 0 Å². The van der Waals surface area contributed by atoms with Crippen molar-refractivity contribution in [2.45, 2.75) is 13.5 Å². The fraction of sp³-hybridized carbons (Fsp3) is 0.286. The molecule has 1 aromatic heterocycles. The summed E-state index contributed by atoms with van der Waals surface area (Å²) >= 11 is 0. The van der Waals surface area contributed by atoms with Crippen LogP contribution in [0.1, 0.15) is 6.92 Å². The molecule has 1 heterocycles. The second-order valence-electron chi connectivity index (χ2n) is 4.46. The lowest BCUT2D eigenvalue weighted by atomic mass is 10.1.